The summed E-state index contributed by atoms with van der Waals surface area (Å²) in [5, 5.41) is 11.6. The maximum Gasteiger partial charge on any atom is 0.350 e. The van der Waals surface area contributed by atoms with E-state index in [4.69, 9.17) is 18.9 Å². The first kappa shape index (κ1) is 30.3. The van der Waals surface area contributed by atoms with Gasteiger partial charge in [-0.1, -0.05) is 43.4 Å². The number of aromatic nitrogens is 1. The number of Topliss-reactive ketones (excluding diaryl/α,β-unsaturated/α-hetero) is 1. The van der Waals surface area contributed by atoms with Crippen LogP contribution < -0.4 is 19.1 Å². The number of aryl methyl sites for hydroxylation is 1. The highest BCUT2D eigenvalue weighted by Gasteiger charge is 2.48. The van der Waals surface area contributed by atoms with E-state index in [1.165, 1.54) is 25.2 Å². The lowest BCUT2D eigenvalue weighted by Crippen LogP contribution is -2.29. The fourth-order valence-corrected chi connectivity index (χ4v) is 5.43. The quantitative estimate of drug-likeness (QED) is 0.0713. The highest BCUT2D eigenvalue weighted by atomic mass is 32.1. The fraction of sp³-hybridized carbons (Fsp3) is 0.290. The van der Waals surface area contributed by atoms with Gasteiger partial charge in [-0.15, -0.1) is 0 Å². The normalized spacial score (nSPS) is 15.9. The van der Waals surface area contributed by atoms with Gasteiger partial charge in [0, 0.05) is 5.56 Å². The van der Waals surface area contributed by atoms with Gasteiger partial charge in [-0.3, -0.25) is 14.5 Å². The van der Waals surface area contributed by atoms with Gasteiger partial charge in [-0.25, -0.2) is 9.78 Å². The third kappa shape index (κ3) is 6.01. The molecule has 0 aliphatic carbocycles. The van der Waals surface area contributed by atoms with Crippen molar-refractivity contribution in [3.8, 4) is 17.2 Å². The lowest BCUT2D eigenvalue weighted by molar-refractivity contribution is -0.132. The van der Waals surface area contributed by atoms with Crippen LogP contribution >= 0.6 is 11.3 Å². The van der Waals surface area contributed by atoms with Crippen LogP contribution in [-0.4, -0.2) is 55.2 Å². The van der Waals surface area contributed by atoms with Crippen LogP contribution in [0.5, 0.6) is 17.2 Å². The number of benzene rings is 2. The van der Waals surface area contributed by atoms with Crippen LogP contribution in [0.1, 0.15) is 52.3 Å². The second-order valence-electron chi connectivity index (χ2n) is 9.31. The van der Waals surface area contributed by atoms with Crippen LogP contribution in [0.4, 0.5) is 5.13 Å². The zero-order valence-electron chi connectivity index (χ0n) is 23.8. The molecule has 1 aliphatic rings. The standard InChI is InChI=1S/C31H32N2O8S/c1-6-8-16-40-21-12-9-19(10-13-21)26(34)24-25(20-11-14-22(38-4)23(17-20)39-5)33(29(36)27(24)35)31-32-18(3)28(42-31)30(37)41-15-7-2/h7,9-14,17,25,34H,2,6,8,15-16H2,1,3-5H3/t25-/m1/s1. The maximum absolute atomic E-state index is 13.6. The first-order chi connectivity index (χ1) is 20.2. The molecule has 2 aromatic carbocycles. The molecule has 1 fully saturated rings. The Bertz CT molecular complexity index is 1530. The van der Waals surface area contributed by atoms with Crippen LogP contribution in [0.3, 0.4) is 0 Å². The number of thiazole rings is 1. The van der Waals surface area contributed by atoms with Gasteiger partial charge >= 0.3 is 11.9 Å². The number of carbonyl (C=O) groups is 3. The van der Waals surface area contributed by atoms with E-state index in [0.717, 1.165) is 24.2 Å². The Morgan fingerprint density at radius 1 is 1.12 bits per heavy atom. The van der Waals surface area contributed by atoms with Gasteiger partial charge < -0.3 is 24.1 Å². The molecule has 1 saturated heterocycles. The first-order valence-electron chi connectivity index (χ1n) is 13.3. The summed E-state index contributed by atoms with van der Waals surface area (Å²) in [5.74, 6) is -1.39. The van der Waals surface area contributed by atoms with E-state index < -0.39 is 23.7 Å². The summed E-state index contributed by atoms with van der Waals surface area (Å²) in [4.78, 5) is 45.5. The number of amides is 1. The number of rotatable bonds is 12. The summed E-state index contributed by atoms with van der Waals surface area (Å²) < 4.78 is 21.7. The maximum atomic E-state index is 13.6. The zero-order chi connectivity index (χ0) is 30.4. The lowest BCUT2D eigenvalue weighted by atomic mass is 9.95. The number of ether oxygens (including phenoxy) is 4. The number of nitrogens with zero attached hydrogens (tertiary/aromatic N) is 2. The predicted molar refractivity (Wildman–Crippen MR) is 159 cm³/mol. The number of unbranched alkanes of at least 4 members (excludes halogenated alkanes) is 1. The number of ketones is 1. The minimum Gasteiger partial charge on any atom is -0.507 e. The Hall–Kier alpha value is -4.64. The molecular formula is C31H32N2O8S. The fourth-order valence-electron chi connectivity index (χ4n) is 4.44. The van der Waals surface area contributed by atoms with Crippen molar-refractivity contribution < 1.29 is 38.4 Å². The molecule has 0 radical (unpaired) electrons. The molecule has 4 rings (SSSR count). The predicted octanol–water partition coefficient (Wildman–Crippen LogP) is 5.62. The molecule has 11 heteroatoms. The van der Waals surface area contributed by atoms with Crippen molar-refractivity contribution in [1.82, 2.24) is 4.98 Å². The molecule has 0 unspecified atom stereocenters. The van der Waals surface area contributed by atoms with Crippen LogP contribution in [-0.2, 0) is 14.3 Å². The van der Waals surface area contributed by atoms with E-state index in [1.807, 2.05) is 0 Å². The van der Waals surface area contributed by atoms with Gasteiger partial charge in [0.25, 0.3) is 5.78 Å². The second kappa shape index (κ2) is 13.3. The van der Waals surface area contributed by atoms with Crippen molar-refractivity contribution in [2.45, 2.75) is 32.7 Å². The smallest absolute Gasteiger partial charge is 0.350 e. The highest BCUT2D eigenvalue weighted by Crippen LogP contribution is 2.45. The average molecular weight is 593 g/mol. The number of esters is 1. The molecule has 2 heterocycles. The topological polar surface area (TPSA) is 124 Å². The van der Waals surface area contributed by atoms with Gasteiger partial charge in [0.15, 0.2) is 16.6 Å². The Balaban J connectivity index is 1.85. The molecule has 42 heavy (non-hydrogen) atoms. The van der Waals surface area contributed by atoms with Crippen LogP contribution in [0.15, 0.2) is 60.7 Å². The molecule has 10 nitrogen and oxygen atoms in total. The summed E-state index contributed by atoms with van der Waals surface area (Å²) >= 11 is 0.914. The molecule has 1 atom stereocenters. The molecule has 1 aromatic heterocycles. The molecule has 3 aromatic rings. The number of hydrogen-bond donors (Lipinski definition) is 1. The molecule has 0 saturated carbocycles. The number of carbonyl (C=O) groups excluding carboxylic acids is 3. The number of hydrogen-bond acceptors (Lipinski definition) is 10. The van der Waals surface area contributed by atoms with E-state index in [9.17, 15) is 19.5 Å². The van der Waals surface area contributed by atoms with Crippen molar-refractivity contribution in [2.75, 3.05) is 32.3 Å². The minimum absolute atomic E-state index is 0.00406. The average Bonchev–Trinajstić information content (AvgIpc) is 3.51. The summed E-state index contributed by atoms with van der Waals surface area (Å²) in [6.45, 7) is 7.78. The van der Waals surface area contributed by atoms with Crippen LogP contribution in [0.25, 0.3) is 5.76 Å². The molecule has 220 valence electrons. The van der Waals surface area contributed by atoms with Gasteiger partial charge in [-0.2, -0.15) is 0 Å². The lowest BCUT2D eigenvalue weighted by Gasteiger charge is -2.23. The molecule has 0 spiro atoms. The third-order valence-corrected chi connectivity index (χ3v) is 7.71. The van der Waals surface area contributed by atoms with Crippen molar-refractivity contribution >= 4 is 39.9 Å². The monoisotopic (exact) mass is 592 g/mol. The molecule has 0 bridgehead atoms. The first-order valence-corrected chi connectivity index (χ1v) is 14.1. The molecular weight excluding hydrogens is 560 g/mol. The summed E-state index contributed by atoms with van der Waals surface area (Å²) in [5.41, 5.74) is 0.966. The summed E-state index contributed by atoms with van der Waals surface area (Å²) in [6, 6.07) is 10.5. The Labute approximate surface area is 247 Å². The van der Waals surface area contributed by atoms with Gasteiger partial charge in [0.1, 0.15) is 23.0 Å². The Kier molecular flexibility index (Phi) is 9.64. The SMILES string of the molecule is C=CCOC(=O)c1sc(N2C(=O)C(=O)C(=C(O)c3ccc(OCCCC)cc3)[C@H]2c2ccc(OC)c(OC)c2)nc1C. The summed E-state index contributed by atoms with van der Waals surface area (Å²) in [6.07, 6.45) is 3.33. The van der Waals surface area contributed by atoms with E-state index in [0.29, 0.717) is 40.7 Å². The largest absolute Gasteiger partial charge is 0.507 e. The Morgan fingerprint density at radius 2 is 1.83 bits per heavy atom. The third-order valence-electron chi connectivity index (χ3n) is 6.57. The Morgan fingerprint density at radius 3 is 2.48 bits per heavy atom. The van der Waals surface area contributed by atoms with Crippen molar-refractivity contribution in [3.05, 3.63) is 82.4 Å². The second-order valence-corrected chi connectivity index (χ2v) is 10.3. The van der Waals surface area contributed by atoms with Gasteiger partial charge in [0.2, 0.25) is 0 Å². The van der Waals surface area contributed by atoms with E-state index in [2.05, 4.69) is 18.5 Å². The summed E-state index contributed by atoms with van der Waals surface area (Å²) in [7, 11) is 2.96. The van der Waals surface area contributed by atoms with E-state index in [1.54, 1.807) is 49.4 Å². The van der Waals surface area contributed by atoms with Crippen LogP contribution in [0, 0.1) is 6.92 Å². The van der Waals surface area contributed by atoms with Crippen molar-refractivity contribution in [3.63, 3.8) is 0 Å². The number of anilines is 1. The molecule has 1 amide bonds. The minimum atomic E-state index is -1.09. The van der Waals surface area contributed by atoms with E-state index >= 15 is 0 Å². The molecule has 1 aliphatic heterocycles. The number of methoxy groups -OCH3 is 2. The zero-order valence-corrected chi connectivity index (χ0v) is 24.7. The number of aliphatic hydroxyl groups is 1. The highest BCUT2D eigenvalue weighted by molar-refractivity contribution is 7.17. The molecule has 1 N–H and O–H groups in total. The van der Waals surface area contributed by atoms with Crippen LogP contribution in [0.2, 0.25) is 0 Å². The van der Waals surface area contributed by atoms with E-state index in [-0.39, 0.29) is 27.9 Å². The number of aliphatic hydroxyl groups excluding tert-OH is 1. The van der Waals surface area contributed by atoms with Gasteiger partial charge in [-0.05, 0) is 55.3 Å². The van der Waals surface area contributed by atoms with Gasteiger partial charge in [0.05, 0.1) is 38.1 Å². The van der Waals surface area contributed by atoms with Crippen molar-refractivity contribution in [1.29, 1.82) is 0 Å². The van der Waals surface area contributed by atoms with Crippen molar-refractivity contribution in [2.24, 2.45) is 0 Å².